The van der Waals surface area contributed by atoms with Crippen molar-refractivity contribution in [3.05, 3.63) is 77.3 Å². The SMILES string of the molecule is CC(=O)c1cc(/C(=C/C=C/C=O)c2ccccc2)oc1C. The van der Waals surface area contributed by atoms with Crippen LogP contribution in [-0.2, 0) is 4.79 Å². The van der Waals surface area contributed by atoms with Gasteiger partial charge in [-0.15, -0.1) is 0 Å². The molecule has 0 saturated heterocycles. The van der Waals surface area contributed by atoms with Gasteiger partial charge in [-0.2, -0.15) is 0 Å². The third-order valence-electron chi connectivity index (χ3n) is 3.10. The Kier molecular flexibility index (Phi) is 4.67. The lowest BCUT2D eigenvalue weighted by Gasteiger charge is -2.03. The predicted molar refractivity (Wildman–Crippen MR) is 82.2 cm³/mol. The minimum Gasteiger partial charge on any atom is -0.461 e. The van der Waals surface area contributed by atoms with Crippen molar-refractivity contribution in [3.8, 4) is 0 Å². The zero-order valence-electron chi connectivity index (χ0n) is 12.0. The number of ketones is 1. The van der Waals surface area contributed by atoms with Crippen LogP contribution in [0.3, 0.4) is 0 Å². The van der Waals surface area contributed by atoms with Crippen LogP contribution in [0.4, 0.5) is 0 Å². The van der Waals surface area contributed by atoms with Gasteiger partial charge in [-0.3, -0.25) is 9.59 Å². The van der Waals surface area contributed by atoms with Crippen LogP contribution in [0.25, 0.3) is 5.57 Å². The molecule has 0 fully saturated rings. The van der Waals surface area contributed by atoms with Crippen LogP contribution < -0.4 is 0 Å². The van der Waals surface area contributed by atoms with E-state index < -0.39 is 0 Å². The van der Waals surface area contributed by atoms with E-state index in [0.717, 1.165) is 11.1 Å². The maximum absolute atomic E-state index is 11.6. The van der Waals surface area contributed by atoms with Crippen molar-refractivity contribution in [3.63, 3.8) is 0 Å². The summed E-state index contributed by atoms with van der Waals surface area (Å²) in [7, 11) is 0. The molecule has 1 heterocycles. The summed E-state index contributed by atoms with van der Waals surface area (Å²) in [4.78, 5) is 22.0. The highest BCUT2D eigenvalue weighted by atomic mass is 16.3. The summed E-state index contributed by atoms with van der Waals surface area (Å²) in [5.74, 6) is 1.18. The molecule has 0 N–H and O–H groups in total. The van der Waals surface area contributed by atoms with E-state index in [9.17, 15) is 9.59 Å². The van der Waals surface area contributed by atoms with Crippen LogP contribution in [0.15, 0.2) is 59.0 Å². The van der Waals surface area contributed by atoms with E-state index in [-0.39, 0.29) is 5.78 Å². The normalized spacial score (nSPS) is 11.8. The molecule has 0 saturated carbocycles. The third kappa shape index (κ3) is 3.45. The van der Waals surface area contributed by atoms with Crippen molar-refractivity contribution in [2.45, 2.75) is 13.8 Å². The van der Waals surface area contributed by atoms with Crippen LogP contribution in [-0.4, -0.2) is 12.1 Å². The van der Waals surface area contributed by atoms with E-state index in [1.165, 1.54) is 13.0 Å². The lowest BCUT2D eigenvalue weighted by atomic mass is 10.0. The molecule has 2 rings (SSSR count). The van der Waals surface area contributed by atoms with Gasteiger partial charge < -0.3 is 4.42 Å². The number of aldehydes is 1. The van der Waals surface area contributed by atoms with Crippen LogP contribution >= 0.6 is 0 Å². The number of carbonyl (C=O) groups excluding carboxylic acids is 2. The Morgan fingerprint density at radius 2 is 1.86 bits per heavy atom. The molecule has 106 valence electrons. The fourth-order valence-corrected chi connectivity index (χ4v) is 2.10. The van der Waals surface area contributed by atoms with Crippen molar-refractivity contribution in [1.82, 2.24) is 0 Å². The summed E-state index contributed by atoms with van der Waals surface area (Å²) in [6, 6.07) is 11.4. The number of aryl methyl sites for hydroxylation is 1. The second-order valence-electron chi connectivity index (χ2n) is 4.60. The molecule has 0 atom stereocenters. The molecule has 3 nitrogen and oxygen atoms in total. The van der Waals surface area contributed by atoms with Gasteiger partial charge in [0.2, 0.25) is 0 Å². The smallest absolute Gasteiger partial charge is 0.163 e. The number of hydrogen-bond acceptors (Lipinski definition) is 3. The van der Waals surface area contributed by atoms with Gasteiger partial charge in [-0.05, 0) is 31.6 Å². The fourth-order valence-electron chi connectivity index (χ4n) is 2.10. The van der Waals surface area contributed by atoms with Gasteiger partial charge in [0.05, 0.1) is 5.56 Å². The number of hydrogen-bond donors (Lipinski definition) is 0. The summed E-state index contributed by atoms with van der Waals surface area (Å²) >= 11 is 0. The van der Waals surface area contributed by atoms with Crippen LogP contribution in [0.5, 0.6) is 0 Å². The van der Waals surface area contributed by atoms with Crippen LogP contribution in [0.1, 0.15) is 34.4 Å². The van der Waals surface area contributed by atoms with Crippen molar-refractivity contribution < 1.29 is 14.0 Å². The number of furan rings is 1. The Morgan fingerprint density at radius 1 is 1.14 bits per heavy atom. The molecule has 0 radical (unpaired) electrons. The summed E-state index contributed by atoms with van der Waals surface area (Å²) in [5, 5.41) is 0. The van der Waals surface area contributed by atoms with E-state index in [0.29, 0.717) is 23.4 Å². The molecule has 0 aliphatic carbocycles. The predicted octanol–water partition coefficient (Wildman–Crippen LogP) is 3.98. The Morgan fingerprint density at radius 3 is 2.43 bits per heavy atom. The number of allylic oxidation sites excluding steroid dienone is 3. The molecular formula is C18H16O3. The van der Waals surface area contributed by atoms with Gasteiger partial charge in [0, 0.05) is 5.57 Å². The maximum atomic E-state index is 11.6. The zero-order chi connectivity index (χ0) is 15.2. The monoisotopic (exact) mass is 280 g/mol. The molecule has 21 heavy (non-hydrogen) atoms. The van der Waals surface area contributed by atoms with E-state index in [1.807, 2.05) is 30.3 Å². The van der Waals surface area contributed by atoms with E-state index in [1.54, 1.807) is 25.1 Å². The highest BCUT2D eigenvalue weighted by Gasteiger charge is 2.15. The highest BCUT2D eigenvalue weighted by molar-refractivity contribution is 5.96. The molecule has 3 heteroatoms. The number of rotatable bonds is 5. The molecule has 1 aromatic carbocycles. The standard InChI is InChI=1S/C18H16O3/c1-13(20)17-12-18(21-14(17)2)16(10-6-7-11-19)15-8-4-3-5-9-15/h3-12H,1-2H3/b7-6+,16-10+. The molecule has 0 aliphatic heterocycles. The van der Waals surface area contributed by atoms with Crippen molar-refractivity contribution in [1.29, 1.82) is 0 Å². The average molecular weight is 280 g/mol. The van der Waals surface area contributed by atoms with Gasteiger partial charge in [-0.25, -0.2) is 0 Å². The quantitative estimate of drug-likeness (QED) is 0.360. The number of Topliss-reactive ketones (excluding diaryl/α,β-unsaturated/α-hetero) is 1. The Labute approximate surface area is 123 Å². The summed E-state index contributed by atoms with van der Waals surface area (Å²) in [6.07, 6.45) is 5.57. The van der Waals surface area contributed by atoms with Gasteiger partial charge in [0.15, 0.2) is 5.78 Å². The fraction of sp³-hybridized carbons (Fsp3) is 0.111. The van der Waals surface area contributed by atoms with Crippen molar-refractivity contribution in [2.24, 2.45) is 0 Å². The molecule has 2 aromatic rings. The van der Waals surface area contributed by atoms with Crippen LogP contribution in [0, 0.1) is 6.92 Å². The Balaban J connectivity index is 2.53. The molecule has 1 aromatic heterocycles. The third-order valence-corrected chi connectivity index (χ3v) is 3.10. The van der Waals surface area contributed by atoms with Crippen LogP contribution in [0.2, 0.25) is 0 Å². The Bertz CT molecular complexity index is 703. The molecular weight excluding hydrogens is 264 g/mol. The lowest BCUT2D eigenvalue weighted by molar-refractivity contribution is -0.104. The molecule has 0 bridgehead atoms. The lowest BCUT2D eigenvalue weighted by Crippen LogP contribution is -1.90. The maximum Gasteiger partial charge on any atom is 0.163 e. The highest BCUT2D eigenvalue weighted by Crippen LogP contribution is 2.27. The van der Waals surface area contributed by atoms with E-state index >= 15 is 0 Å². The Hall–Kier alpha value is -2.68. The summed E-state index contributed by atoms with van der Waals surface area (Å²) < 4.78 is 5.71. The van der Waals surface area contributed by atoms with Gasteiger partial charge in [-0.1, -0.05) is 42.5 Å². The van der Waals surface area contributed by atoms with Gasteiger partial charge >= 0.3 is 0 Å². The molecule has 0 spiro atoms. The molecule has 0 unspecified atom stereocenters. The minimum atomic E-state index is -0.0293. The largest absolute Gasteiger partial charge is 0.461 e. The summed E-state index contributed by atoms with van der Waals surface area (Å²) in [6.45, 7) is 3.28. The molecule has 0 aliphatic rings. The van der Waals surface area contributed by atoms with E-state index in [4.69, 9.17) is 4.42 Å². The summed E-state index contributed by atoms with van der Waals surface area (Å²) in [5.41, 5.74) is 2.35. The number of benzene rings is 1. The first-order chi connectivity index (χ1) is 10.1. The first kappa shape index (κ1) is 14.7. The van der Waals surface area contributed by atoms with Crippen molar-refractivity contribution in [2.75, 3.05) is 0 Å². The average Bonchev–Trinajstić information content (AvgIpc) is 2.86. The number of carbonyl (C=O) groups is 2. The van der Waals surface area contributed by atoms with Crippen molar-refractivity contribution >= 4 is 17.6 Å². The molecule has 0 amide bonds. The van der Waals surface area contributed by atoms with Gasteiger partial charge in [0.25, 0.3) is 0 Å². The zero-order valence-corrected chi connectivity index (χ0v) is 12.0. The second kappa shape index (κ2) is 6.66. The minimum absolute atomic E-state index is 0.0293. The van der Waals surface area contributed by atoms with E-state index in [2.05, 4.69) is 0 Å². The second-order valence-corrected chi connectivity index (χ2v) is 4.60. The van der Waals surface area contributed by atoms with Gasteiger partial charge in [0.1, 0.15) is 17.8 Å². The topological polar surface area (TPSA) is 47.3 Å². The first-order valence-corrected chi connectivity index (χ1v) is 6.62. The first-order valence-electron chi connectivity index (χ1n) is 6.62.